The standard InChI is InChI=1S/C14H24N2O/c1-15-14(9-5-2-6-10-14)11-13(17)16-12-7-3-4-8-12/h3-4,12,15H,2,5-11H2,1H3,(H,16,17). The molecule has 0 aromatic heterocycles. The van der Waals surface area contributed by atoms with Gasteiger partial charge < -0.3 is 10.6 Å². The van der Waals surface area contributed by atoms with Crippen LogP contribution in [0.4, 0.5) is 0 Å². The van der Waals surface area contributed by atoms with Gasteiger partial charge in [0.05, 0.1) is 0 Å². The molecule has 0 aromatic carbocycles. The Hall–Kier alpha value is -0.830. The van der Waals surface area contributed by atoms with E-state index in [0.717, 1.165) is 25.7 Å². The molecule has 2 N–H and O–H groups in total. The number of carbonyl (C=O) groups is 1. The second-order valence-electron chi connectivity index (χ2n) is 5.48. The summed E-state index contributed by atoms with van der Waals surface area (Å²) in [5, 5.41) is 6.54. The second-order valence-corrected chi connectivity index (χ2v) is 5.48. The van der Waals surface area contributed by atoms with Gasteiger partial charge in [-0.2, -0.15) is 0 Å². The van der Waals surface area contributed by atoms with E-state index in [1.54, 1.807) is 0 Å². The highest BCUT2D eigenvalue weighted by Crippen LogP contribution is 2.30. The van der Waals surface area contributed by atoms with Crippen molar-refractivity contribution in [3.05, 3.63) is 12.2 Å². The summed E-state index contributed by atoms with van der Waals surface area (Å²) < 4.78 is 0. The zero-order chi connectivity index (χ0) is 12.1. The van der Waals surface area contributed by atoms with Crippen molar-refractivity contribution in [2.24, 2.45) is 0 Å². The molecule has 1 amide bonds. The molecule has 3 heteroatoms. The lowest BCUT2D eigenvalue weighted by molar-refractivity contribution is -0.123. The van der Waals surface area contributed by atoms with Crippen molar-refractivity contribution in [3.8, 4) is 0 Å². The van der Waals surface area contributed by atoms with E-state index in [1.807, 2.05) is 7.05 Å². The zero-order valence-corrected chi connectivity index (χ0v) is 10.8. The molecule has 0 atom stereocenters. The number of hydrogen-bond acceptors (Lipinski definition) is 2. The first-order valence-corrected chi connectivity index (χ1v) is 6.87. The fraction of sp³-hybridized carbons (Fsp3) is 0.786. The highest BCUT2D eigenvalue weighted by atomic mass is 16.1. The largest absolute Gasteiger partial charge is 0.353 e. The molecule has 0 radical (unpaired) electrons. The normalized spacial score (nSPS) is 23.8. The van der Waals surface area contributed by atoms with Gasteiger partial charge in [0.1, 0.15) is 0 Å². The topological polar surface area (TPSA) is 41.1 Å². The first-order valence-electron chi connectivity index (χ1n) is 6.87. The van der Waals surface area contributed by atoms with Crippen LogP contribution < -0.4 is 10.6 Å². The predicted molar refractivity (Wildman–Crippen MR) is 69.8 cm³/mol. The lowest BCUT2D eigenvalue weighted by atomic mass is 9.79. The van der Waals surface area contributed by atoms with Crippen molar-refractivity contribution in [1.82, 2.24) is 10.6 Å². The van der Waals surface area contributed by atoms with Crippen LogP contribution >= 0.6 is 0 Å². The van der Waals surface area contributed by atoms with Crippen molar-refractivity contribution >= 4 is 5.91 Å². The Morgan fingerprint density at radius 2 is 1.88 bits per heavy atom. The number of hydrogen-bond donors (Lipinski definition) is 2. The van der Waals surface area contributed by atoms with Gasteiger partial charge in [-0.05, 0) is 32.7 Å². The van der Waals surface area contributed by atoms with Crippen LogP contribution in [0.5, 0.6) is 0 Å². The van der Waals surface area contributed by atoms with Gasteiger partial charge in [-0.1, -0.05) is 31.4 Å². The molecule has 0 aliphatic heterocycles. The van der Waals surface area contributed by atoms with Crippen LogP contribution in [0.2, 0.25) is 0 Å². The second kappa shape index (κ2) is 5.67. The monoisotopic (exact) mass is 236 g/mol. The number of carbonyl (C=O) groups excluding carboxylic acids is 1. The summed E-state index contributed by atoms with van der Waals surface area (Å²) in [6, 6.07) is 0.347. The van der Waals surface area contributed by atoms with Gasteiger partial charge in [0.15, 0.2) is 0 Å². The molecule has 1 fully saturated rings. The third kappa shape index (κ3) is 3.32. The summed E-state index contributed by atoms with van der Waals surface area (Å²) in [5.74, 6) is 0.218. The zero-order valence-electron chi connectivity index (χ0n) is 10.8. The average Bonchev–Trinajstić information content (AvgIpc) is 2.83. The number of rotatable bonds is 4. The Kier molecular flexibility index (Phi) is 4.21. The van der Waals surface area contributed by atoms with E-state index in [1.165, 1.54) is 19.3 Å². The molecule has 2 aliphatic rings. The summed E-state index contributed by atoms with van der Waals surface area (Å²) in [7, 11) is 2.00. The molecule has 0 bridgehead atoms. The molecule has 0 unspecified atom stereocenters. The molecule has 96 valence electrons. The van der Waals surface area contributed by atoms with Gasteiger partial charge in [0, 0.05) is 18.0 Å². The maximum Gasteiger partial charge on any atom is 0.222 e. The van der Waals surface area contributed by atoms with Crippen molar-refractivity contribution in [2.75, 3.05) is 7.05 Å². The Labute approximate surface area is 104 Å². The van der Waals surface area contributed by atoms with Crippen LogP contribution in [0.3, 0.4) is 0 Å². The molecule has 0 aromatic rings. The van der Waals surface area contributed by atoms with Gasteiger partial charge in [0.25, 0.3) is 0 Å². The summed E-state index contributed by atoms with van der Waals surface area (Å²) >= 11 is 0. The molecule has 1 saturated carbocycles. The van der Waals surface area contributed by atoms with Gasteiger partial charge >= 0.3 is 0 Å². The van der Waals surface area contributed by atoms with Crippen LogP contribution in [-0.4, -0.2) is 24.5 Å². The molecule has 0 spiro atoms. The highest BCUT2D eigenvalue weighted by Gasteiger charge is 2.32. The summed E-state index contributed by atoms with van der Waals surface area (Å²) in [5.41, 5.74) is 0.0639. The van der Waals surface area contributed by atoms with E-state index in [4.69, 9.17) is 0 Å². The minimum absolute atomic E-state index is 0.0639. The third-order valence-electron chi connectivity index (χ3n) is 4.21. The minimum atomic E-state index is 0.0639. The van der Waals surface area contributed by atoms with E-state index in [-0.39, 0.29) is 11.4 Å². The Bertz CT molecular complexity index is 285. The SMILES string of the molecule is CNC1(CC(=O)NC2CC=CC2)CCCCC1. The van der Waals surface area contributed by atoms with Crippen molar-refractivity contribution < 1.29 is 4.79 Å². The molecule has 0 heterocycles. The van der Waals surface area contributed by atoms with Crippen molar-refractivity contribution in [2.45, 2.75) is 62.9 Å². The van der Waals surface area contributed by atoms with Crippen molar-refractivity contribution in [3.63, 3.8) is 0 Å². The van der Waals surface area contributed by atoms with E-state index >= 15 is 0 Å². The molecule has 2 aliphatic carbocycles. The third-order valence-corrected chi connectivity index (χ3v) is 4.21. The lowest BCUT2D eigenvalue weighted by Gasteiger charge is -2.37. The average molecular weight is 236 g/mol. The number of nitrogens with one attached hydrogen (secondary N) is 2. The van der Waals surface area contributed by atoms with E-state index in [2.05, 4.69) is 22.8 Å². The number of amides is 1. The quantitative estimate of drug-likeness (QED) is 0.734. The van der Waals surface area contributed by atoms with Crippen molar-refractivity contribution in [1.29, 1.82) is 0 Å². The summed E-state index contributed by atoms with van der Waals surface area (Å²) in [6.07, 6.45) is 13.0. The van der Waals surface area contributed by atoms with Crippen LogP contribution in [-0.2, 0) is 4.79 Å². The van der Waals surface area contributed by atoms with Gasteiger partial charge in [0.2, 0.25) is 5.91 Å². The fourth-order valence-electron chi connectivity index (χ4n) is 3.06. The Morgan fingerprint density at radius 1 is 1.24 bits per heavy atom. The predicted octanol–water partition coefficient (Wildman–Crippen LogP) is 2.13. The smallest absolute Gasteiger partial charge is 0.222 e. The fourth-order valence-corrected chi connectivity index (χ4v) is 3.06. The van der Waals surface area contributed by atoms with Crippen LogP contribution in [0.15, 0.2) is 12.2 Å². The van der Waals surface area contributed by atoms with E-state index in [9.17, 15) is 4.79 Å². The van der Waals surface area contributed by atoms with E-state index < -0.39 is 0 Å². The van der Waals surface area contributed by atoms with Crippen LogP contribution in [0, 0.1) is 0 Å². The van der Waals surface area contributed by atoms with Crippen LogP contribution in [0.1, 0.15) is 51.4 Å². The molecule has 3 nitrogen and oxygen atoms in total. The van der Waals surface area contributed by atoms with E-state index in [0.29, 0.717) is 12.5 Å². The molecule has 2 rings (SSSR count). The first kappa shape index (κ1) is 12.6. The van der Waals surface area contributed by atoms with Gasteiger partial charge in [-0.3, -0.25) is 4.79 Å². The molecular weight excluding hydrogens is 212 g/mol. The van der Waals surface area contributed by atoms with Gasteiger partial charge in [-0.25, -0.2) is 0 Å². The van der Waals surface area contributed by atoms with Crippen LogP contribution in [0.25, 0.3) is 0 Å². The molecule has 17 heavy (non-hydrogen) atoms. The minimum Gasteiger partial charge on any atom is -0.353 e. The Morgan fingerprint density at radius 3 is 2.47 bits per heavy atom. The summed E-state index contributed by atoms with van der Waals surface area (Å²) in [4.78, 5) is 12.1. The lowest BCUT2D eigenvalue weighted by Crippen LogP contribution is -2.49. The molecule has 0 saturated heterocycles. The van der Waals surface area contributed by atoms with Gasteiger partial charge in [-0.15, -0.1) is 0 Å². The Balaban J connectivity index is 1.82. The highest BCUT2D eigenvalue weighted by molar-refractivity contribution is 5.77. The maximum atomic E-state index is 12.1. The molecular formula is C14H24N2O. The maximum absolute atomic E-state index is 12.1. The summed E-state index contributed by atoms with van der Waals surface area (Å²) in [6.45, 7) is 0. The first-order chi connectivity index (χ1) is 8.24.